The summed E-state index contributed by atoms with van der Waals surface area (Å²) >= 11 is 0. The van der Waals surface area contributed by atoms with Gasteiger partial charge < -0.3 is 5.11 Å². The van der Waals surface area contributed by atoms with Crippen LogP contribution in [-0.4, -0.2) is 34.0 Å². The number of fused-ring (bicyclic) bond motifs is 2. The zero-order chi connectivity index (χ0) is 11.9. The first-order chi connectivity index (χ1) is 7.47. The van der Waals surface area contributed by atoms with E-state index in [9.17, 15) is 9.59 Å². The number of aliphatic hydroxyl groups is 1. The van der Waals surface area contributed by atoms with E-state index in [-0.39, 0.29) is 30.3 Å². The Hall–Kier alpha value is -0.900. The topological polar surface area (TPSA) is 57.6 Å². The van der Waals surface area contributed by atoms with Gasteiger partial charge >= 0.3 is 0 Å². The van der Waals surface area contributed by atoms with Crippen LogP contribution in [0.25, 0.3) is 0 Å². The standard InChI is InChI=1S/C12H19NO3/c1-12(2,5-6-14)13-10(15)8-3-4-9(7-8)11(13)16/h8-9,14H,3-7H2,1-2H3. The number of hydrogen-bond donors (Lipinski definition) is 1. The number of aliphatic hydroxyl groups excluding tert-OH is 1. The summed E-state index contributed by atoms with van der Waals surface area (Å²) in [5.74, 6) is 0.0238. The predicted octanol–water partition coefficient (Wildman–Crippen LogP) is 0.933. The van der Waals surface area contributed by atoms with Gasteiger partial charge in [0.1, 0.15) is 0 Å². The molecule has 1 aliphatic heterocycles. The number of nitrogens with zero attached hydrogens (tertiary/aromatic N) is 1. The van der Waals surface area contributed by atoms with E-state index in [0.717, 1.165) is 19.3 Å². The highest BCUT2D eigenvalue weighted by atomic mass is 16.3. The Morgan fingerprint density at radius 1 is 1.25 bits per heavy atom. The minimum absolute atomic E-state index is 0.000602. The average molecular weight is 225 g/mol. The van der Waals surface area contributed by atoms with E-state index in [0.29, 0.717) is 6.42 Å². The van der Waals surface area contributed by atoms with E-state index in [1.807, 2.05) is 13.8 Å². The Balaban J connectivity index is 2.26. The van der Waals surface area contributed by atoms with Crippen molar-refractivity contribution in [3.05, 3.63) is 0 Å². The second-order valence-corrected chi connectivity index (χ2v) is 5.50. The fraction of sp³-hybridized carbons (Fsp3) is 0.833. The molecule has 90 valence electrons. The fourth-order valence-corrected chi connectivity index (χ4v) is 2.89. The molecule has 2 bridgehead atoms. The number of likely N-dealkylation sites (tertiary alicyclic amines) is 1. The third-order valence-electron chi connectivity index (χ3n) is 3.90. The molecule has 2 amide bonds. The predicted molar refractivity (Wildman–Crippen MR) is 58.5 cm³/mol. The molecule has 0 aromatic rings. The van der Waals surface area contributed by atoms with Crippen LogP contribution < -0.4 is 0 Å². The first-order valence-corrected chi connectivity index (χ1v) is 5.96. The summed E-state index contributed by atoms with van der Waals surface area (Å²) in [5, 5.41) is 9.00. The van der Waals surface area contributed by atoms with Crippen molar-refractivity contribution in [1.29, 1.82) is 0 Å². The van der Waals surface area contributed by atoms with E-state index < -0.39 is 5.54 Å². The molecule has 0 radical (unpaired) electrons. The molecule has 0 spiro atoms. The van der Waals surface area contributed by atoms with Gasteiger partial charge in [0.2, 0.25) is 11.8 Å². The maximum Gasteiger partial charge on any atom is 0.232 e. The van der Waals surface area contributed by atoms with Gasteiger partial charge in [0.15, 0.2) is 0 Å². The molecule has 1 saturated carbocycles. The van der Waals surface area contributed by atoms with E-state index in [2.05, 4.69) is 0 Å². The average Bonchev–Trinajstić information content (AvgIpc) is 2.60. The third-order valence-corrected chi connectivity index (χ3v) is 3.90. The van der Waals surface area contributed by atoms with Gasteiger partial charge in [0, 0.05) is 24.0 Å². The van der Waals surface area contributed by atoms with Gasteiger partial charge in [0.25, 0.3) is 0 Å². The van der Waals surface area contributed by atoms with Crippen LogP contribution in [0.15, 0.2) is 0 Å². The Labute approximate surface area is 95.6 Å². The lowest BCUT2D eigenvalue weighted by Gasteiger charge is -2.41. The number of carbonyl (C=O) groups excluding carboxylic acids is 2. The zero-order valence-electron chi connectivity index (χ0n) is 9.90. The molecular weight excluding hydrogens is 206 g/mol. The van der Waals surface area contributed by atoms with Gasteiger partial charge in [-0.2, -0.15) is 0 Å². The third kappa shape index (κ3) is 1.65. The molecule has 1 aliphatic carbocycles. The van der Waals surface area contributed by atoms with Gasteiger partial charge in [-0.05, 0) is 39.5 Å². The molecule has 4 heteroatoms. The van der Waals surface area contributed by atoms with Crippen LogP contribution in [0.3, 0.4) is 0 Å². The van der Waals surface area contributed by atoms with Crippen molar-refractivity contribution in [2.45, 2.75) is 45.1 Å². The zero-order valence-corrected chi connectivity index (χ0v) is 9.90. The summed E-state index contributed by atoms with van der Waals surface area (Å²) in [5.41, 5.74) is -0.551. The Bertz CT molecular complexity index is 302. The summed E-state index contributed by atoms with van der Waals surface area (Å²) in [7, 11) is 0. The number of piperidine rings is 1. The van der Waals surface area contributed by atoms with Crippen molar-refractivity contribution < 1.29 is 14.7 Å². The first kappa shape index (κ1) is 11.6. The molecule has 0 aromatic heterocycles. The number of amides is 2. The highest BCUT2D eigenvalue weighted by molar-refractivity contribution is 6.01. The maximum atomic E-state index is 12.1. The van der Waals surface area contributed by atoms with Crippen LogP contribution in [0.1, 0.15) is 39.5 Å². The maximum absolute atomic E-state index is 12.1. The largest absolute Gasteiger partial charge is 0.396 e. The fourth-order valence-electron chi connectivity index (χ4n) is 2.89. The van der Waals surface area contributed by atoms with Crippen molar-refractivity contribution in [3.8, 4) is 0 Å². The molecule has 1 N–H and O–H groups in total. The van der Waals surface area contributed by atoms with Crippen molar-refractivity contribution in [2.24, 2.45) is 11.8 Å². The molecule has 2 atom stereocenters. The lowest BCUT2D eigenvalue weighted by Crippen LogP contribution is -2.56. The summed E-state index contributed by atoms with van der Waals surface area (Å²) in [4.78, 5) is 25.7. The van der Waals surface area contributed by atoms with Gasteiger partial charge in [-0.25, -0.2) is 0 Å². The SMILES string of the molecule is CC(C)(CCO)N1C(=O)C2CCC(C2)C1=O. The highest BCUT2D eigenvalue weighted by Crippen LogP contribution is 2.41. The molecule has 0 aromatic carbocycles. The van der Waals surface area contributed by atoms with Crippen LogP contribution in [-0.2, 0) is 9.59 Å². The molecule has 1 heterocycles. The van der Waals surface area contributed by atoms with Gasteiger partial charge in [-0.3, -0.25) is 14.5 Å². The van der Waals surface area contributed by atoms with Crippen molar-refractivity contribution in [3.63, 3.8) is 0 Å². The lowest BCUT2D eigenvalue weighted by atomic mass is 9.89. The molecule has 2 fully saturated rings. The molecule has 2 rings (SSSR count). The Morgan fingerprint density at radius 3 is 2.19 bits per heavy atom. The van der Waals surface area contributed by atoms with Crippen LogP contribution in [0, 0.1) is 11.8 Å². The van der Waals surface area contributed by atoms with E-state index in [1.165, 1.54) is 4.90 Å². The second-order valence-electron chi connectivity index (χ2n) is 5.50. The first-order valence-electron chi connectivity index (χ1n) is 5.96. The van der Waals surface area contributed by atoms with Crippen molar-refractivity contribution in [1.82, 2.24) is 4.90 Å². The number of carbonyl (C=O) groups is 2. The smallest absolute Gasteiger partial charge is 0.232 e. The van der Waals surface area contributed by atoms with E-state index in [4.69, 9.17) is 5.11 Å². The molecule has 4 nitrogen and oxygen atoms in total. The number of rotatable bonds is 3. The molecule has 1 saturated heterocycles. The van der Waals surface area contributed by atoms with Crippen LogP contribution in [0.2, 0.25) is 0 Å². The normalized spacial score (nSPS) is 30.1. The quantitative estimate of drug-likeness (QED) is 0.727. The summed E-state index contributed by atoms with van der Waals surface area (Å²) in [6.07, 6.45) is 2.88. The minimum Gasteiger partial charge on any atom is -0.396 e. The number of imide groups is 1. The summed E-state index contributed by atoms with van der Waals surface area (Å²) in [6, 6.07) is 0. The van der Waals surface area contributed by atoms with Crippen LogP contribution in [0.4, 0.5) is 0 Å². The summed E-state index contributed by atoms with van der Waals surface area (Å²) in [6.45, 7) is 3.70. The monoisotopic (exact) mass is 225 g/mol. The number of hydrogen-bond acceptors (Lipinski definition) is 3. The Kier molecular flexibility index (Phi) is 2.78. The van der Waals surface area contributed by atoms with Gasteiger partial charge in [-0.1, -0.05) is 0 Å². The summed E-state index contributed by atoms with van der Waals surface area (Å²) < 4.78 is 0. The molecular formula is C12H19NO3. The lowest BCUT2D eigenvalue weighted by molar-refractivity contribution is -0.160. The van der Waals surface area contributed by atoms with Gasteiger partial charge in [0.05, 0.1) is 0 Å². The second kappa shape index (κ2) is 3.84. The van der Waals surface area contributed by atoms with Gasteiger partial charge in [-0.15, -0.1) is 0 Å². The van der Waals surface area contributed by atoms with Crippen LogP contribution in [0.5, 0.6) is 0 Å². The minimum atomic E-state index is -0.551. The highest BCUT2D eigenvalue weighted by Gasteiger charge is 2.49. The molecule has 2 aliphatic rings. The van der Waals surface area contributed by atoms with Crippen molar-refractivity contribution in [2.75, 3.05) is 6.61 Å². The molecule has 16 heavy (non-hydrogen) atoms. The Morgan fingerprint density at radius 2 is 1.75 bits per heavy atom. The van der Waals surface area contributed by atoms with Crippen LogP contribution >= 0.6 is 0 Å². The van der Waals surface area contributed by atoms with E-state index >= 15 is 0 Å². The van der Waals surface area contributed by atoms with Crippen molar-refractivity contribution >= 4 is 11.8 Å². The molecule has 2 unspecified atom stereocenters. The van der Waals surface area contributed by atoms with E-state index in [1.54, 1.807) is 0 Å².